The summed E-state index contributed by atoms with van der Waals surface area (Å²) in [5, 5.41) is 3.78. The van der Waals surface area contributed by atoms with Crippen molar-refractivity contribution in [2.75, 3.05) is 38.2 Å². The normalized spacial score (nSPS) is 17.2. The lowest BCUT2D eigenvalue weighted by atomic mass is 9.91. The van der Waals surface area contributed by atoms with Crippen molar-refractivity contribution in [3.8, 4) is 0 Å². The summed E-state index contributed by atoms with van der Waals surface area (Å²) in [5.74, 6) is -0.0292. The number of aryl methyl sites for hydroxylation is 2. The second kappa shape index (κ2) is 8.55. The molecule has 1 N–H and O–H groups in total. The molecule has 1 fully saturated rings. The monoisotopic (exact) mass is 398 g/mol. The van der Waals surface area contributed by atoms with Gasteiger partial charge in [0.05, 0.1) is 25.3 Å². The molecule has 1 aliphatic carbocycles. The molecule has 4 rings (SSSR count). The SMILES string of the molecule is Cc1ccccc1C(=O)c1c(NC(=O)CN2CCOCC2)sc2c1CCCC2. The van der Waals surface area contributed by atoms with Crippen LogP contribution in [-0.2, 0) is 22.4 Å². The number of morpholine rings is 1. The van der Waals surface area contributed by atoms with E-state index in [0.717, 1.165) is 60.5 Å². The Kier molecular flexibility index (Phi) is 5.90. The molecule has 1 aromatic heterocycles. The molecule has 0 unspecified atom stereocenters. The number of carbonyl (C=O) groups excluding carboxylic acids is 2. The fourth-order valence-corrected chi connectivity index (χ4v) is 5.29. The molecule has 2 aliphatic rings. The number of rotatable bonds is 5. The maximum Gasteiger partial charge on any atom is 0.239 e. The summed E-state index contributed by atoms with van der Waals surface area (Å²) in [6.07, 6.45) is 4.15. The first-order chi connectivity index (χ1) is 13.6. The van der Waals surface area contributed by atoms with E-state index in [1.165, 1.54) is 4.88 Å². The zero-order valence-electron chi connectivity index (χ0n) is 16.3. The lowest BCUT2D eigenvalue weighted by molar-refractivity contribution is -0.118. The smallest absolute Gasteiger partial charge is 0.239 e. The maximum absolute atomic E-state index is 13.4. The number of nitrogens with zero attached hydrogens (tertiary/aromatic N) is 1. The van der Waals surface area contributed by atoms with E-state index in [9.17, 15) is 9.59 Å². The summed E-state index contributed by atoms with van der Waals surface area (Å²) >= 11 is 1.59. The summed E-state index contributed by atoms with van der Waals surface area (Å²) in [5.41, 5.74) is 3.54. The summed E-state index contributed by atoms with van der Waals surface area (Å²) in [7, 11) is 0. The first kappa shape index (κ1) is 19.3. The molecular weight excluding hydrogens is 372 g/mol. The van der Waals surface area contributed by atoms with Crippen molar-refractivity contribution in [3.05, 3.63) is 51.4 Å². The highest BCUT2D eigenvalue weighted by atomic mass is 32.1. The Balaban J connectivity index is 1.61. The Morgan fingerprint density at radius 1 is 1.14 bits per heavy atom. The molecule has 1 aromatic carbocycles. The predicted octanol–water partition coefficient (Wildman–Crippen LogP) is 3.44. The molecular formula is C22H26N2O3S. The molecule has 0 spiro atoms. The molecule has 1 aliphatic heterocycles. The number of thiophene rings is 1. The topological polar surface area (TPSA) is 58.6 Å². The van der Waals surface area contributed by atoms with Gasteiger partial charge in [-0.15, -0.1) is 11.3 Å². The van der Waals surface area contributed by atoms with Gasteiger partial charge in [0.1, 0.15) is 5.00 Å². The lowest BCUT2D eigenvalue weighted by Crippen LogP contribution is -2.41. The molecule has 2 heterocycles. The van der Waals surface area contributed by atoms with Crippen molar-refractivity contribution in [1.29, 1.82) is 0 Å². The summed E-state index contributed by atoms with van der Waals surface area (Å²) in [4.78, 5) is 29.4. The van der Waals surface area contributed by atoms with Crippen LogP contribution in [-0.4, -0.2) is 49.4 Å². The molecule has 1 amide bonds. The average molecular weight is 399 g/mol. The highest BCUT2D eigenvalue weighted by Gasteiger charge is 2.28. The van der Waals surface area contributed by atoms with Crippen molar-refractivity contribution in [2.45, 2.75) is 32.6 Å². The van der Waals surface area contributed by atoms with Crippen LogP contribution < -0.4 is 5.32 Å². The molecule has 28 heavy (non-hydrogen) atoms. The van der Waals surface area contributed by atoms with E-state index in [-0.39, 0.29) is 11.7 Å². The number of ketones is 1. The number of amides is 1. The van der Waals surface area contributed by atoms with Gasteiger partial charge in [0.2, 0.25) is 5.91 Å². The standard InChI is InChI=1S/C22H26N2O3S/c1-15-6-2-3-7-16(15)21(26)20-17-8-4-5-9-18(17)28-22(20)23-19(25)14-24-10-12-27-13-11-24/h2-3,6-7H,4-5,8-14H2,1H3,(H,23,25). The molecule has 1 saturated heterocycles. The fraction of sp³-hybridized carbons (Fsp3) is 0.455. The lowest BCUT2D eigenvalue weighted by Gasteiger charge is -2.25. The largest absolute Gasteiger partial charge is 0.379 e. The minimum Gasteiger partial charge on any atom is -0.379 e. The quantitative estimate of drug-likeness (QED) is 0.784. The Morgan fingerprint density at radius 3 is 2.68 bits per heavy atom. The number of hydrogen-bond acceptors (Lipinski definition) is 5. The number of fused-ring (bicyclic) bond motifs is 1. The highest BCUT2D eigenvalue weighted by Crippen LogP contribution is 2.39. The number of anilines is 1. The van der Waals surface area contributed by atoms with E-state index in [0.29, 0.717) is 25.3 Å². The highest BCUT2D eigenvalue weighted by molar-refractivity contribution is 7.17. The first-order valence-electron chi connectivity index (χ1n) is 9.98. The van der Waals surface area contributed by atoms with Crippen LogP contribution in [0.25, 0.3) is 0 Å². The fourth-order valence-electron chi connectivity index (χ4n) is 3.98. The van der Waals surface area contributed by atoms with Crippen molar-refractivity contribution in [2.24, 2.45) is 0 Å². The van der Waals surface area contributed by atoms with Crippen molar-refractivity contribution >= 4 is 28.0 Å². The number of nitrogens with one attached hydrogen (secondary N) is 1. The third-order valence-electron chi connectivity index (χ3n) is 5.51. The number of carbonyl (C=O) groups is 2. The van der Waals surface area contributed by atoms with Crippen molar-refractivity contribution in [3.63, 3.8) is 0 Å². The number of hydrogen-bond donors (Lipinski definition) is 1. The first-order valence-corrected chi connectivity index (χ1v) is 10.8. The van der Waals surface area contributed by atoms with Gasteiger partial charge in [-0.25, -0.2) is 0 Å². The van der Waals surface area contributed by atoms with Crippen molar-refractivity contribution in [1.82, 2.24) is 4.90 Å². The molecule has 0 bridgehead atoms. The van der Waals surface area contributed by atoms with Gasteiger partial charge in [0, 0.05) is 23.5 Å². The van der Waals surface area contributed by atoms with Gasteiger partial charge in [-0.2, -0.15) is 0 Å². The molecule has 2 aromatic rings. The van der Waals surface area contributed by atoms with Crippen LogP contribution in [0.2, 0.25) is 0 Å². The minimum atomic E-state index is -0.0562. The van der Waals surface area contributed by atoms with E-state index < -0.39 is 0 Å². The third-order valence-corrected chi connectivity index (χ3v) is 6.72. The Bertz CT molecular complexity index is 884. The average Bonchev–Trinajstić information content (AvgIpc) is 3.06. The van der Waals surface area contributed by atoms with Crippen LogP contribution in [0.1, 0.15) is 44.8 Å². The Labute approximate surface area is 169 Å². The van der Waals surface area contributed by atoms with Crippen LogP contribution in [0.3, 0.4) is 0 Å². The van der Waals surface area contributed by atoms with Gasteiger partial charge in [-0.05, 0) is 43.7 Å². The molecule has 0 saturated carbocycles. The molecule has 148 valence electrons. The zero-order valence-corrected chi connectivity index (χ0v) is 17.1. The van der Waals surface area contributed by atoms with Gasteiger partial charge in [-0.1, -0.05) is 24.3 Å². The molecule has 6 heteroatoms. The van der Waals surface area contributed by atoms with Gasteiger partial charge >= 0.3 is 0 Å². The van der Waals surface area contributed by atoms with E-state index in [1.807, 2.05) is 31.2 Å². The summed E-state index contributed by atoms with van der Waals surface area (Å²) in [6, 6.07) is 7.68. The maximum atomic E-state index is 13.4. The summed E-state index contributed by atoms with van der Waals surface area (Å²) < 4.78 is 5.35. The van der Waals surface area contributed by atoms with Crippen LogP contribution in [0.5, 0.6) is 0 Å². The second-order valence-electron chi connectivity index (χ2n) is 7.50. The van der Waals surface area contributed by atoms with E-state index in [4.69, 9.17) is 4.74 Å². The number of benzene rings is 1. The Morgan fingerprint density at radius 2 is 1.89 bits per heavy atom. The van der Waals surface area contributed by atoms with Gasteiger partial charge in [0.15, 0.2) is 5.78 Å². The van der Waals surface area contributed by atoms with Gasteiger partial charge < -0.3 is 10.1 Å². The Hall–Kier alpha value is -2.02. The minimum absolute atomic E-state index is 0.0270. The van der Waals surface area contributed by atoms with Crippen LogP contribution in [0, 0.1) is 6.92 Å². The second-order valence-corrected chi connectivity index (χ2v) is 8.60. The van der Waals surface area contributed by atoms with Crippen LogP contribution in [0.4, 0.5) is 5.00 Å². The van der Waals surface area contributed by atoms with Gasteiger partial charge in [0.25, 0.3) is 0 Å². The molecule has 0 radical (unpaired) electrons. The molecule has 0 atom stereocenters. The van der Waals surface area contributed by atoms with Gasteiger partial charge in [-0.3, -0.25) is 14.5 Å². The van der Waals surface area contributed by atoms with E-state index in [2.05, 4.69) is 10.2 Å². The van der Waals surface area contributed by atoms with Crippen LogP contribution >= 0.6 is 11.3 Å². The van der Waals surface area contributed by atoms with E-state index in [1.54, 1.807) is 11.3 Å². The third kappa shape index (κ3) is 4.04. The zero-order chi connectivity index (χ0) is 19.5. The molecule has 5 nitrogen and oxygen atoms in total. The van der Waals surface area contributed by atoms with E-state index >= 15 is 0 Å². The van der Waals surface area contributed by atoms with Crippen molar-refractivity contribution < 1.29 is 14.3 Å². The summed E-state index contributed by atoms with van der Waals surface area (Å²) in [6.45, 7) is 5.16. The number of ether oxygens (including phenoxy) is 1. The predicted molar refractivity (Wildman–Crippen MR) is 111 cm³/mol. The van der Waals surface area contributed by atoms with Crippen LogP contribution in [0.15, 0.2) is 24.3 Å².